The van der Waals surface area contributed by atoms with Gasteiger partial charge in [-0.2, -0.15) is 22.7 Å². The number of benzene rings is 2. The van der Waals surface area contributed by atoms with Gasteiger partial charge < -0.3 is 5.32 Å². The SMILES string of the molecule is FC(F)Sc1ccc(C=CC(C=Cc2ccc(SC(F)F)cc2)=NNC2=NCC3(CC3)CN2)cc1. The van der Waals surface area contributed by atoms with Crippen LogP contribution in [0.1, 0.15) is 24.0 Å². The summed E-state index contributed by atoms with van der Waals surface area (Å²) in [5.41, 5.74) is 5.56. The van der Waals surface area contributed by atoms with Crippen molar-refractivity contribution in [3.63, 3.8) is 0 Å². The summed E-state index contributed by atoms with van der Waals surface area (Å²) in [6.45, 7) is 1.66. The highest BCUT2D eigenvalue weighted by molar-refractivity contribution is 7.99. The van der Waals surface area contributed by atoms with Crippen LogP contribution in [0.3, 0.4) is 0 Å². The summed E-state index contributed by atoms with van der Waals surface area (Å²) in [6.07, 6.45) is 9.65. The molecule has 0 bridgehead atoms. The lowest BCUT2D eigenvalue weighted by atomic mass is 10.1. The smallest absolute Gasteiger partial charge is 0.288 e. The van der Waals surface area contributed by atoms with E-state index in [-0.39, 0.29) is 0 Å². The monoisotopic (exact) mass is 520 g/mol. The molecule has 1 heterocycles. The summed E-state index contributed by atoms with van der Waals surface area (Å²) < 4.78 is 50.1. The van der Waals surface area contributed by atoms with Crippen molar-refractivity contribution in [1.82, 2.24) is 10.7 Å². The van der Waals surface area contributed by atoms with Crippen molar-refractivity contribution in [1.29, 1.82) is 0 Å². The fourth-order valence-corrected chi connectivity index (χ4v) is 4.35. The Morgan fingerprint density at radius 2 is 1.40 bits per heavy atom. The minimum absolute atomic E-state index is 0.321. The molecule has 0 radical (unpaired) electrons. The van der Waals surface area contributed by atoms with E-state index in [0.29, 0.717) is 50.4 Å². The molecule has 4 nitrogen and oxygen atoms in total. The number of alkyl halides is 4. The Labute approximate surface area is 210 Å². The lowest BCUT2D eigenvalue weighted by molar-refractivity contribution is 0.251. The number of halogens is 4. The van der Waals surface area contributed by atoms with Crippen LogP contribution in [0.4, 0.5) is 17.6 Å². The molecule has 1 aliphatic heterocycles. The molecule has 0 aromatic heterocycles. The minimum atomic E-state index is -2.46. The largest absolute Gasteiger partial charge is 0.354 e. The molecule has 1 spiro atoms. The summed E-state index contributed by atoms with van der Waals surface area (Å²) >= 11 is 1.01. The predicted octanol–water partition coefficient (Wildman–Crippen LogP) is 6.73. The first-order valence-electron chi connectivity index (χ1n) is 11.0. The quantitative estimate of drug-likeness (QED) is 0.167. The second-order valence-corrected chi connectivity index (χ2v) is 10.4. The van der Waals surface area contributed by atoms with E-state index in [1.165, 1.54) is 12.8 Å². The second kappa shape index (κ2) is 11.8. The van der Waals surface area contributed by atoms with Crippen LogP contribution in [0.5, 0.6) is 0 Å². The van der Waals surface area contributed by atoms with Crippen molar-refractivity contribution >= 4 is 47.3 Å². The van der Waals surface area contributed by atoms with E-state index in [0.717, 1.165) is 24.2 Å². The van der Waals surface area contributed by atoms with Crippen LogP contribution in [-0.2, 0) is 0 Å². The van der Waals surface area contributed by atoms with Crippen molar-refractivity contribution in [3.8, 4) is 0 Å². The molecule has 2 aliphatic rings. The summed E-state index contributed by atoms with van der Waals surface area (Å²) in [5.74, 6) is -4.30. The van der Waals surface area contributed by atoms with Gasteiger partial charge in [-0.1, -0.05) is 59.9 Å². The summed E-state index contributed by atoms with van der Waals surface area (Å²) in [7, 11) is 0. The Morgan fingerprint density at radius 1 is 0.886 bits per heavy atom. The third-order valence-electron chi connectivity index (χ3n) is 5.56. The molecule has 1 saturated carbocycles. The third kappa shape index (κ3) is 8.17. The molecule has 1 aliphatic carbocycles. The van der Waals surface area contributed by atoms with Gasteiger partial charge in [0.15, 0.2) is 0 Å². The van der Waals surface area contributed by atoms with E-state index in [4.69, 9.17) is 0 Å². The highest BCUT2D eigenvalue weighted by Gasteiger charge is 2.44. The van der Waals surface area contributed by atoms with Crippen molar-refractivity contribution in [2.24, 2.45) is 15.5 Å². The molecular weight excluding hydrogens is 496 g/mol. The topological polar surface area (TPSA) is 48.8 Å². The first kappa shape index (κ1) is 25.4. The number of nitrogens with one attached hydrogen (secondary N) is 2. The number of rotatable bonds is 9. The molecule has 0 atom stereocenters. The van der Waals surface area contributed by atoms with Crippen LogP contribution in [0, 0.1) is 5.41 Å². The molecule has 35 heavy (non-hydrogen) atoms. The van der Waals surface area contributed by atoms with Gasteiger partial charge >= 0.3 is 0 Å². The Balaban J connectivity index is 1.46. The average Bonchev–Trinajstić information content (AvgIpc) is 3.60. The zero-order valence-electron chi connectivity index (χ0n) is 18.6. The van der Waals surface area contributed by atoms with Crippen LogP contribution in [0.25, 0.3) is 12.2 Å². The van der Waals surface area contributed by atoms with Gasteiger partial charge in [0, 0.05) is 21.8 Å². The molecular formula is C25H24F4N4S2. The summed E-state index contributed by atoms with van der Waals surface area (Å²) in [5, 5.41) is 7.73. The lowest BCUT2D eigenvalue weighted by Gasteiger charge is -2.21. The lowest BCUT2D eigenvalue weighted by Crippen LogP contribution is -2.43. The van der Waals surface area contributed by atoms with Gasteiger partial charge in [-0.15, -0.1) is 0 Å². The van der Waals surface area contributed by atoms with Gasteiger partial charge in [-0.25, -0.2) is 5.43 Å². The van der Waals surface area contributed by atoms with E-state index >= 15 is 0 Å². The highest BCUT2D eigenvalue weighted by atomic mass is 32.2. The number of hydrazone groups is 1. The molecule has 2 aromatic rings. The Morgan fingerprint density at radius 3 is 1.80 bits per heavy atom. The molecule has 4 rings (SSSR count). The molecule has 1 fully saturated rings. The Bertz CT molecular complexity index is 1040. The molecule has 10 heteroatoms. The zero-order valence-corrected chi connectivity index (χ0v) is 20.3. The summed E-state index contributed by atoms with van der Waals surface area (Å²) in [4.78, 5) is 5.52. The van der Waals surface area contributed by atoms with E-state index in [1.807, 2.05) is 12.2 Å². The first-order valence-corrected chi connectivity index (χ1v) is 12.7. The zero-order chi connectivity index (χ0) is 24.7. The minimum Gasteiger partial charge on any atom is -0.354 e. The number of thioether (sulfide) groups is 2. The average molecular weight is 521 g/mol. The van der Waals surface area contributed by atoms with Crippen LogP contribution in [-0.4, -0.2) is 36.3 Å². The van der Waals surface area contributed by atoms with Crippen LogP contribution < -0.4 is 10.7 Å². The number of allylic oxidation sites excluding steroid dienone is 2. The van der Waals surface area contributed by atoms with Gasteiger partial charge in [0.25, 0.3) is 11.5 Å². The van der Waals surface area contributed by atoms with E-state index in [9.17, 15) is 17.6 Å². The predicted molar refractivity (Wildman–Crippen MR) is 137 cm³/mol. The van der Waals surface area contributed by atoms with Crippen molar-refractivity contribution < 1.29 is 17.6 Å². The highest BCUT2D eigenvalue weighted by Crippen LogP contribution is 2.46. The maximum Gasteiger partial charge on any atom is 0.288 e. The van der Waals surface area contributed by atoms with Crippen molar-refractivity contribution in [2.45, 2.75) is 34.1 Å². The molecule has 2 aromatic carbocycles. The van der Waals surface area contributed by atoms with E-state index in [2.05, 4.69) is 20.8 Å². The number of guanidine groups is 1. The fourth-order valence-electron chi connectivity index (χ4n) is 3.35. The molecule has 0 saturated heterocycles. The normalized spacial score (nSPS) is 16.7. The maximum absolute atomic E-state index is 12.5. The maximum atomic E-state index is 12.5. The molecule has 184 valence electrons. The number of nitrogens with zero attached hydrogens (tertiary/aromatic N) is 2. The Hall–Kier alpha value is -2.72. The van der Waals surface area contributed by atoms with Gasteiger partial charge in [0.05, 0.1) is 12.3 Å². The fraction of sp³-hybridized carbons (Fsp3) is 0.280. The van der Waals surface area contributed by atoms with E-state index < -0.39 is 11.5 Å². The van der Waals surface area contributed by atoms with Crippen molar-refractivity contribution in [2.75, 3.05) is 13.1 Å². The molecule has 0 amide bonds. The number of hydrogen-bond donors (Lipinski definition) is 2. The number of aliphatic imine (C=N–C) groups is 1. The van der Waals surface area contributed by atoms with Crippen LogP contribution >= 0.6 is 23.5 Å². The van der Waals surface area contributed by atoms with Crippen LogP contribution in [0.15, 0.2) is 80.6 Å². The van der Waals surface area contributed by atoms with Crippen LogP contribution in [0.2, 0.25) is 0 Å². The van der Waals surface area contributed by atoms with Crippen molar-refractivity contribution in [3.05, 3.63) is 71.8 Å². The van der Waals surface area contributed by atoms with Gasteiger partial charge in [0.1, 0.15) is 0 Å². The number of hydrogen-bond acceptors (Lipinski definition) is 6. The third-order valence-corrected chi connectivity index (χ3v) is 7.00. The standard InChI is InChI=1S/C25H24F4N4S2/c26-22(27)34-20-9-3-17(4-10-20)1-7-19(32-33-24-30-15-25(13-14-25)16-31-24)8-2-18-5-11-21(12-6-18)35-23(28)29/h1-12,22-23H,13-16H2,(H2,30,31,33). The first-order chi connectivity index (χ1) is 16.9. The summed E-state index contributed by atoms with van der Waals surface area (Å²) in [6, 6.07) is 13.6. The molecule has 2 N–H and O–H groups in total. The second-order valence-electron chi connectivity index (χ2n) is 8.23. The Kier molecular flexibility index (Phi) is 8.56. The van der Waals surface area contributed by atoms with Gasteiger partial charge in [-0.05, 0) is 60.4 Å². The molecule has 0 unspecified atom stereocenters. The van der Waals surface area contributed by atoms with Gasteiger partial charge in [-0.3, -0.25) is 4.99 Å². The van der Waals surface area contributed by atoms with E-state index in [1.54, 1.807) is 60.7 Å². The van der Waals surface area contributed by atoms with Gasteiger partial charge in [0.2, 0.25) is 5.96 Å².